The molecule has 2 unspecified atom stereocenters. The van der Waals surface area contributed by atoms with E-state index in [1.165, 1.54) is 18.2 Å². The predicted molar refractivity (Wildman–Crippen MR) is 96.3 cm³/mol. The second-order valence-corrected chi connectivity index (χ2v) is 7.05. The van der Waals surface area contributed by atoms with Gasteiger partial charge in [0.05, 0.1) is 23.5 Å². The third-order valence-corrected chi connectivity index (χ3v) is 5.12. The lowest BCUT2D eigenvalue weighted by atomic mass is 9.94. The Morgan fingerprint density at radius 2 is 1.68 bits per heavy atom. The first-order chi connectivity index (χ1) is 12.0. The van der Waals surface area contributed by atoms with E-state index >= 15 is 0 Å². The molecule has 25 heavy (non-hydrogen) atoms. The zero-order valence-corrected chi connectivity index (χ0v) is 14.8. The van der Waals surface area contributed by atoms with Crippen LogP contribution in [0.25, 0.3) is 0 Å². The Morgan fingerprint density at radius 3 is 2.20 bits per heavy atom. The molecule has 0 aliphatic carbocycles. The molecule has 0 heterocycles. The summed E-state index contributed by atoms with van der Waals surface area (Å²) >= 11 is 0. The summed E-state index contributed by atoms with van der Waals surface area (Å²) in [5.41, 5.74) is 0.653. The number of benzene rings is 2. The Hall–Kier alpha value is -2.44. The quantitative estimate of drug-likeness (QED) is 0.581. The van der Waals surface area contributed by atoms with Crippen LogP contribution in [0, 0.1) is 5.92 Å². The van der Waals surface area contributed by atoms with Crippen LogP contribution in [0.2, 0.25) is 0 Å². The van der Waals surface area contributed by atoms with E-state index < -0.39 is 28.0 Å². The highest BCUT2D eigenvalue weighted by Crippen LogP contribution is 2.26. The first-order valence-corrected chi connectivity index (χ1v) is 9.39. The van der Waals surface area contributed by atoms with Crippen LogP contribution in [0.3, 0.4) is 0 Å². The molecule has 5 nitrogen and oxygen atoms in total. The van der Waals surface area contributed by atoms with E-state index in [0.29, 0.717) is 5.56 Å². The van der Waals surface area contributed by atoms with Gasteiger partial charge in [-0.1, -0.05) is 54.6 Å². The number of carbonyl (C=O) groups is 1. The summed E-state index contributed by atoms with van der Waals surface area (Å²) in [5.74, 6) is -1.37. The average molecular weight is 359 g/mol. The normalized spacial score (nSPS) is 13.6. The SMILES string of the molecule is C=CC(C(=O)OCC)C(NS(=O)(=O)c1ccccc1)c1ccccc1. The molecule has 0 saturated carbocycles. The average Bonchev–Trinajstić information content (AvgIpc) is 2.63. The van der Waals surface area contributed by atoms with E-state index in [2.05, 4.69) is 11.3 Å². The van der Waals surface area contributed by atoms with Gasteiger partial charge in [0.25, 0.3) is 0 Å². The maximum atomic E-state index is 12.7. The minimum absolute atomic E-state index is 0.127. The van der Waals surface area contributed by atoms with E-state index in [1.54, 1.807) is 49.4 Å². The zero-order valence-electron chi connectivity index (χ0n) is 14.0. The van der Waals surface area contributed by atoms with Crippen molar-refractivity contribution < 1.29 is 17.9 Å². The van der Waals surface area contributed by atoms with Crippen molar-refractivity contribution in [1.29, 1.82) is 0 Å². The molecule has 2 aromatic carbocycles. The van der Waals surface area contributed by atoms with E-state index in [1.807, 2.05) is 6.07 Å². The molecule has 0 aliphatic heterocycles. The first kappa shape index (κ1) is 18.9. The second kappa shape index (κ2) is 8.60. The molecule has 0 fully saturated rings. The molecule has 0 saturated heterocycles. The largest absolute Gasteiger partial charge is 0.465 e. The number of hydrogen-bond donors (Lipinski definition) is 1. The fourth-order valence-electron chi connectivity index (χ4n) is 2.45. The molecule has 2 rings (SSSR count). The molecule has 2 aromatic rings. The lowest BCUT2D eigenvalue weighted by Gasteiger charge is -2.24. The lowest BCUT2D eigenvalue weighted by Crippen LogP contribution is -2.36. The monoisotopic (exact) mass is 359 g/mol. The molecule has 2 atom stereocenters. The second-order valence-electron chi connectivity index (χ2n) is 5.34. The fraction of sp³-hybridized carbons (Fsp3) is 0.211. The molecule has 0 aromatic heterocycles. The number of carbonyl (C=O) groups excluding carboxylic acids is 1. The molecule has 0 aliphatic rings. The predicted octanol–water partition coefficient (Wildman–Crippen LogP) is 3.07. The van der Waals surface area contributed by atoms with Crippen LogP contribution >= 0.6 is 0 Å². The topological polar surface area (TPSA) is 72.5 Å². The highest BCUT2D eigenvalue weighted by Gasteiger charge is 2.32. The van der Waals surface area contributed by atoms with Crippen molar-refractivity contribution in [3.05, 3.63) is 78.9 Å². The highest BCUT2D eigenvalue weighted by atomic mass is 32.2. The summed E-state index contributed by atoms with van der Waals surface area (Å²) in [5, 5.41) is 0. The van der Waals surface area contributed by atoms with Gasteiger partial charge in [-0.15, -0.1) is 6.58 Å². The van der Waals surface area contributed by atoms with Crippen molar-refractivity contribution >= 4 is 16.0 Å². The van der Waals surface area contributed by atoms with Gasteiger partial charge >= 0.3 is 5.97 Å². The van der Waals surface area contributed by atoms with E-state index in [-0.39, 0.29) is 11.5 Å². The Morgan fingerprint density at radius 1 is 1.12 bits per heavy atom. The number of rotatable bonds is 8. The first-order valence-electron chi connectivity index (χ1n) is 7.91. The van der Waals surface area contributed by atoms with Crippen LogP contribution in [0.15, 0.2) is 78.2 Å². The van der Waals surface area contributed by atoms with Crippen LogP contribution in [0.5, 0.6) is 0 Å². The van der Waals surface area contributed by atoms with Gasteiger partial charge < -0.3 is 4.74 Å². The summed E-state index contributed by atoms with van der Waals surface area (Å²) in [6, 6.07) is 16.1. The van der Waals surface area contributed by atoms with Gasteiger partial charge in [0.1, 0.15) is 0 Å². The van der Waals surface area contributed by atoms with Crippen LogP contribution in [-0.2, 0) is 19.6 Å². The standard InChI is InChI=1S/C19H21NO4S/c1-3-17(19(21)24-4-2)18(15-11-7-5-8-12-15)20-25(22,23)16-13-9-6-10-14-16/h3,5-14,17-18,20H,1,4H2,2H3. The van der Waals surface area contributed by atoms with E-state index in [4.69, 9.17) is 4.74 Å². The summed E-state index contributed by atoms with van der Waals surface area (Å²) in [4.78, 5) is 12.4. The van der Waals surface area contributed by atoms with Crippen molar-refractivity contribution in [2.24, 2.45) is 5.92 Å². The van der Waals surface area contributed by atoms with Crippen molar-refractivity contribution in [2.75, 3.05) is 6.61 Å². The van der Waals surface area contributed by atoms with Crippen LogP contribution < -0.4 is 4.72 Å². The van der Waals surface area contributed by atoms with Crippen molar-refractivity contribution in [1.82, 2.24) is 4.72 Å². The number of sulfonamides is 1. The Kier molecular flexibility index (Phi) is 6.50. The minimum atomic E-state index is -3.82. The number of esters is 1. The molecule has 0 radical (unpaired) electrons. The van der Waals surface area contributed by atoms with Gasteiger partial charge in [-0.3, -0.25) is 4.79 Å². The molecule has 0 bridgehead atoms. The smallest absolute Gasteiger partial charge is 0.314 e. The van der Waals surface area contributed by atoms with Crippen molar-refractivity contribution in [3.8, 4) is 0 Å². The Balaban J connectivity index is 2.42. The third kappa shape index (κ3) is 4.78. The molecule has 1 N–H and O–H groups in total. The highest BCUT2D eigenvalue weighted by molar-refractivity contribution is 7.89. The Bertz CT molecular complexity index is 804. The maximum absolute atomic E-state index is 12.7. The molecule has 0 amide bonds. The Labute approximate surface area is 148 Å². The lowest BCUT2D eigenvalue weighted by molar-refractivity contribution is -0.147. The third-order valence-electron chi connectivity index (χ3n) is 3.67. The molecule has 0 spiro atoms. The van der Waals surface area contributed by atoms with Crippen molar-refractivity contribution in [2.45, 2.75) is 17.9 Å². The van der Waals surface area contributed by atoms with Gasteiger partial charge in [-0.05, 0) is 24.6 Å². The van der Waals surface area contributed by atoms with Gasteiger partial charge in [-0.2, -0.15) is 0 Å². The van der Waals surface area contributed by atoms with Gasteiger partial charge in [0.2, 0.25) is 10.0 Å². The maximum Gasteiger partial charge on any atom is 0.314 e. The van der Waals surface area contributed by atoms with Gasteiger partial charge in [-0.25, -0.2) is 13.1 Å². The van der Waals surface area contributed by atoms with Crippen LogP contribution in [0.1, 0.15) is 18.5 Å². The number of nitrogens with one attached hydrogen (secondary N) is 1. The summed E-state index contributed by atoms with van der Waals surface area (Å²) < 4.78 is 33.1. The van der Waals surface area contributed by atoms with Crippen LogP contribution in [0.4, 0.5) is 0 Å². The number of hydrogen-bond acceptors (Lipinski definition) is 4. The summed E-state index contributed by atoms with van der Waals surface area (Å²) in [6.07, 6.45) is 1.41. The molecular weight excluding hydrogens is 338 g/mol. The molecule has 132 valence electrons. The molecule has 6 heteroatoms. The zero-order chi connectivity index (χ0) is 18.3. The summed E-state index contributed by atoms with van der Waals surface area (Å²) in [6.45, 7) is 5.58. The van der Waals surface area contributed by atoms with E-state index in [0.717, 1.165) is 0 Å². The fourth-order valence-corrected chi connectivity index (χ4v) is 3.72. The van der Waals surface area contributed by atoms with E-state index in [9.17, 15) is 13.2 Å². The van der Waals surface area contributed by atoms with Crippen molar-refractivity contribution in [3.63, 3.8) is 0 Å². The summed E-state index contributed by atoms with van der Waals surface area (Å²) in [7, 11) is -3.82. The van der Waals surface area contributed by atoms with Gasteiger partial charge in [0.15, 0.2) is 0 Å². The van der Waals surface area contributed by atoms with Crippen LogP contribution in [-0.4, -0.2) is 21.0 Å². The minimum Gasteiger partial charge on any atom is -0.465 e. The molecular formula is C19H21NO4S. The van der Waals surface area contributed by atoms with Gasteiger partial charge in [0, 0.05) is 0 Å². The number of ether oxygens (including phenoxy) is 1.